The van der Waals surface area contributed by atoms with Crippen molar-refractivity contribution >= 4 is 22.6 Å². The first-order chi connectivity index (χ1) is 13.3. The van der Waals surface area contributed by atoms with E-state index in [0.717, 1.165) is 23.4 Å². The first-order valence-electron chi connectivity index (χ1n) is 8.41. The number of hydrogen-bond donors (Lipinski definition) is 1. The van der Waals surface area contributed by atoms with Gasteiger partial charge in [0.05, 0.1) is 11.6 Å². The van der Waals surface area contributed by atoms with Gasteiger partial charge in [0, 0.05) is 6.07 Å². The standard InChI is InChI=1S/C18H11F3N4O3/c19-18(20,21)13-6-9(8-3-4-8)14-15(23-13)24-25-11(17(26)27)7-10(22-16(14)25)12-2-1-5-28-12/h1-2,5-8H,3-4H2,(H,26,27). The van der Waals surface area contributed by atoms with Crippen molar-refractivity contribution < 1.29 is 27.5 Å². The van der Waals surface area contributed by atoms with Crippen molar-refractivity contribution in [3.8, 4) is 11.5 Å². The molecule has 7 nitrogen and oxygen atoms in total. The Kier molecular flexibility index (Phi) is 3.31. The fourth-order valence-corrected chi connectivity index (χ4v) is 3.27. The SMILES string of the molecule is O=C(O)c1cc(-c2ccco2)nc2c3c(C4CC4)cc(C(F)(F)F)nc3nn12. The van der Waals surface area contributed by atoms with E-state index in [2.05, 4.69) is 15.1 Å². The van der Waals surface area contributed by atoms with Gasteiger partial charge in [-0.05, 0) is 42.5 Å². The van der Waals surface area contributed by atoms with E-state index in [9.17, 15) is 23.1 Å². The highest BCUT2D eigenvalue weighted by molar-refractivity contribution is 5.97. The number of aromatic nitrogens is 4. The fraction of sp³-hybridized carbons (Fsp3) is 0.222. The molecule has 0 bridgehead atoms. The van der Waals surface area contributed by atoms with Crippen molar-refractivity contribution in [1.82, 2.24) is 19.6 Å². The van der Waals surface area contributed by atoms with E-state index in [-0.39, 0.29) is 28.6 Å². The molecule has 1 aliphatic carbocycles. The maximum absolute atomic E-state index is 13.3. The lowest BCUT2D eigenvalue weighted by Crippen LogP contribution is -2.09. The van der Waals surface area contributed by atoms with Gasteiger partial charge in [-0.15, -0.1) is 5.10 Å². The number of halogens is 3. The van der Waals surface area contributed by atoms with Crippen molar-refractivity contribution in [3.63, 3.8) is 0 Å². The molecule has 4 heterocycles. The molecule has 0 atom stereocenters. The molecular formula is C18H11F3N4O3. The Labute approximate surface area is 154 Å². The summed E-state index contributed by atoms with van der Waals surface area (Å²) >= 11 is 0. The number of hydrogen-bond acceptors (Lipinski definition) is 5. The molecule has 1 fully saturated rings. The van der Waals surface area contributed by atoms with Crippen LogP contribution in [0.5, 0.6) is 0 Å². The Balaban J connectivity index is 1.90. The summed E-state index contributed by atoms with van der Waals surface area (Å²) < 4.78 is 46.1. The molecule has 4 aromatic heterocycles. The molecule has 0 saturated heterocycles. The van der Waals surface area contributed by atoms with Gasteiger partial charge in [-0.2, -0.15) is 13.2 Å². The lowest BCUT2D eigenvalue weighted by atomic mass is 10.1. The summed E-state index contributed by atoms with van der Waals surface area (Å²) in [5, 5.41) is 14.0. The van der Waals surface area contributed by atoms with Crippen LogP contribution in [0.2, 0.25) is 0 Å². The number of carboxylic acids is 1. The van der Waals surface area contributed by atoms with Crippen molar-refractivity contribution in [2.45, 2.75) is 24.9 Å². The zero-order chi connectivity index (χ0) is 19.6. The zero-order valence-electron chi connectivity index (χ0n) is 14.1. The maximum atomic E-state index is 13.3. The number of rotatable bonds is 3. The van der Waals surface area contributed by atoms with Crippen LogP contribution in [0.4, 0.5) is 13.2 Å². The molecular weight excluding hydrogens is 377 g/mol. The second-order valence-electron chi connectivity index (χ2n) is 6.61. The molecule has 0 amide bonds. The van der Waals surface area contributed by atoms with Crippen LogP contribution in [0.25, 0.3) is 28.1 Å². The predicted octanol–water partition coefficient (Wildman–Crippen LogP) is 4.13. The molecule has 1 aliphatic rings. The van der Waals surface area contributed by atoms with E-state index in [1.54, 1.807) is 12.1 Å². The number of fused-ring (bicyclic) bond motifs is 3. The maximum Gasteiger partial charge on any atom is 0.433 e. The van der Waals surface area contributed by atoms with Crippen LogP contribution in [0.15, 0.2) is 34.9 Å². The minimum Gasteiger partial charge on any atom is -0.477 e. The Morgan fingerprint density at radius 3 is 2.64 bits per heavy atom. The van der Waals surface area contributed by atoms with Crippen LogP contribution in [-0.2, 0) is 6.18 Å². The molecule has 0 radical (unpaired) electrons. The molecule has 1 N–H and O–H groups in total. The van der Waals surface area contributed by atoms with Crippen LogP contribution in [-0.4, -0.2) is 30.7 Å². The number of nitrogens with zero attached hydrogens (tertiary/aromatic N) is 4. The summed E-state index contributed by atoms with van der Waals surface area (Å²) in [4.78, 5) is 19.8. The molecule has 0 aromatic carbocycles. The van der Waals surface area contributed by atoms with Crippen LogP contribution in [0, 0.1) is 0 Å². The third-order valence-corrected chi connectivity index (χ3v) is 4.68. The monoisotopic (exact) mass is 388 g/mol. The van der Waals surface area contributed by atoms with Crippen molar-refractivity contribution in [3.05, 3.63) is 47.5 Å². The fourth-order valence-electron chi connectivity index (χ4n) is 3.27. The molecule has 28 heavy (non-hydrogen) atoms. The number of pyridine rings is 1. The van der Waals surface area contributed by atoms with Crippen molar-refractivity contribution in [2.24, 2.45) is 0 Å². The van der Waals surface area contributed by atoms with Crippen LogP contribution in [0.3, 0.4) is 0 Å². The van der Waals surface area contributed by atoms with Gasteiger partial charge in [-0.1, -0.05) is 0 Å². The van der Waals surface area contributed by atoms with Gasteiger partial charge in [-0.25, -0.2) is 19.3 Å². The number of carbonyl (C=O) groups is 1. The average molecular weight is 388 g/mol. The van der Waals surface area contributed by atoms with E-state index in [0.29, 0.717) is 16.7 Å². The van der Waals surface area contributed by atoms with E-state index in [1.165, 1.54) is 12.3 Å². The first kappa shape index (κ1) is 16.7. The summed E-state index contributed by atoms with van der Waals surface area (Å²) in [6.07, 6.45) is -1.71. The summed E-state index contributed by atoms with van der Waals surface area (Å²) in [6, 6.07) is 5.53. The van der Waals surface area contributed by atoms with E-state index in [1.807, 2.05) is 0 Å². The first-order valence-corrected chi connectivity index (χ1v) is 8.41. The second kappa shape index (κ2) is 5.54. The van der Waals surface area contributed by atoms with Gasteiger partial charge in [-0.3, -0.25) is 0 Å². The quantitative estimate of drug-likeness (QED) is 0.567. The Morgan fingerprint density at radius 1 is 1.25 bits per heavy atom. The van der Waals surface area contributed by atoms with E-state index in [4.69, 9.17) is 4.42 Å². The van der Waals surface area contributed by atoms with Crippen LogP contribution < -0.4 is 0 Å². The highest BCUT2D eigenvalue weighted by Crippen LogP contribution is 2.45. The van der Waals surface area contributed by atoms with Crippen molar-refractivity contribution in [1.29, 1.82) is 0 Å². The smallest absolute Gasteiger partial charge is 0.433 e. The summed E-state index contributed by atoms with van der Waals surface area (Å²) in [5.41, 5.74) is -0.642. The average Bonchev–Trinajstić information content (AvgIpc) is 3.20. The highest BCUT2D eigenvalue weighted by atomic mass is 19.4. The third kappa shape index (κ3) is 2.52. The molecule has 0 unspecified atom stereocenters. The lowest BCUT2D eigenvalue weighted by Gasteiger charge is -2.08. The van der Waals surface area contributed by atoms with E-state index < -0.39 is 17.8 Å². The summed E-state index contributed by atoms with van der Waals surface area (Å²) in [6.45, 7) is 0. The number of furan rings is 1. The van der Waals surface area contributed by atoms with Gasteiger partial charge in [0.2, 0.25) is 0 Å². The second-order valence-corrected chi connectivity index (χ2v) is 6.61. The van der Waals surface area contributed by atoms with Crippen molar-refractivity contribution in [2.75, 3.05) is 0 Å². The molecule has 0 aliphatic heterocycles. The summed E-state index contributed by atoms with van der Waals surface area (Å²) in [5.74, 6) is -1.01. The minimum absolute atomic E-state index is 0.0538. The Morgan fingerprint density at radius 2 is 2.04 bits per heavy atom. The molecule has 1 saturated carbocycles. The number of carboxylic acid groups (broad SMARTS) is 1. The van der Waals surface area contributed by atoms with Gasteiger partial charge in [0.15, 0.2) is 22.7 Å². The van der Waals surface area contributed by atoms with Gasteiger partial charge in [0.1, 0.15) is 11.4 Å². The van der Waals surface area contributed by atoms with Gasteiger partial charge >= 0.3 is 12.1 Å². The third-order valence-electron chi connectivity index (χ3n) is 4.68. The minimum atomic E-state index is -4.63. The number of alkyl halides is 3. The molecule has 5 rings (SSSR count). The molecule has 4 aromatic rings. The van der Waals surface area contributed by atoms with Gasteiger partial charge < -0.3 is 9.52 Å². The van der Waals surface area contributed by atoms with E-state index >= 15 is 0 Å². The molecule has 142 valence electrons. The van der Waals surface area contributed by atoms with Crippen LogP contribution in [0.1, 0.15) is 40.5 Å². The Hall–Kier alpha value is -3.43. The van der Waals surface area contributed by atoms with Crippen LogP contribution >= 0.6 is 0 Å². The largest absolute Gasteiger partial charge is 0.477 e. The van der Waals surface area contributed by atoms with Gasteiger partial charge in [0.25, 0.3) is 0 Å². The predicted molar refractivity (Wildman–Crippen MR) is 89.9 cm³/mol. The highest BCUT2D eigenvalue weighted by Gasteiger charge is 2.37. The molecule has 10 heteroatoms. The topological polar surface area (TPSA) is 93.5 Å². The molecule has 0 spiro atoms. The Bertz CT molecular complexity index is 1240. The zero-order valence-corrected chi connectivity index (χ0v) is 14.1. The summed E-state index contributed by atoms with van der Waals surface area (Å²) in [7, 11) is 0. The number of aromatic carboxylic acids is 1. The lowest BCUT2D eigenvalue weighted by molar-refractivity contribution is -0.141. The normalized spacial score (nSPS) is 14.8.